The molecule has 2 aromatic rings. The minimum absolute atomic E-state index is 0.0596. The number of aromatic nitrogens is 1. The fourth-order valence-electron chi connectivity index (χ4n) is 1.97. The van der Waals surface area contributed by atoms with Crippen LogP contribution in [0.2, 0.25) is 0 Å². The van der Waals surface area contributed by atoms with Crippen LogP contribution in [0, 0.1) is 0 Å². The van der Waals surface area contributed by atoms with Crippen LogP contribution in [-0.4, -0.2) is 17.3 Å². The lowest BCUT2D eigenvalue weighted by Gasteiger charge is -2.08. The van der Waals surface area contributed by atoms with Crippen LogP contribution in [0.15, 0.2) is 30.5 Å². The molecule has 1 heterocycles. The maximum Gasteiger partial charge on any atom is 0.120 e. The quantitative estimate of drug-likeness (QED) is 0.751. The fourth-order valence-corrected chi connectivity index (χ4v) is 1.97. The molecule has 1 unspecified atom stereocenters. The second-order valence-electron chi connectivity index (χ2n) is 4.07. The molecule has 0 aliphatic carbocycles. The minimum Gasteiger partial charge on any atom is -0.361 e. The molecular formula is C13H16N2O. The van der Waals surface area contributed by atoms with E-state index in [0.29, 0.717) is 6.42 Å². The third-order valence-electron chi connectivity index (χ3n) is 2.81. The molecule has 1 aromatic carbocycles. The normalized spacial score (nSPS) is 12.8. The number of hydrogen-bond donors (Lipinski definition) is 2. The van der Waals surface area contributed by atoms with Gasteiger partial charge in [-0.05, 0) is 24.5 Å². The summed E-state index contributed by atoms with van der Waals surface area (Å²) in [5.41, 5.74) is 8.34. The Bertz CT molecular complexity index is 475. The molecule has 0 aliphatic heterocycles. The standard InChI is InChI=1S/C13H16N2O/c14-11(4-3-7-16)8-10-9-15-13-6-2-1-5-12(10)13/h1-2,5-7,9,11,15H,3-4,8,14H2. The molecule has 3 N–H and O–H groups in total. The number of aromatic amines is 1. The topological polar surface area (TPSA) is 58.9 Å². The van der Waals surface area contributed by atoms with Gasteiger partial charge in [-0.25, -0.2) is 0 Å². The van der Waals surface area contributed by atoms with Gasteiger partial charge in [-0.2, -0.15) is 0 Å². The molecule has 1 atom stereocenters. The van der Waals surface area contributed by atoms with Gasteiger partial charge in [0, 0.05) is 29.6 Å². The first kappa shape index (κ1) is 10.9. The molecule has 0 aliphatic rings. The summed E-state index contributed by atoms with van der Waals surface area (Å²) in [5.74, 6) is 0. The highest BCUT2D eigenvalue weighted by Gasteiger charge is 2.07. The summed E-state index contributed by atoms with van der Waals surface area (Å²) in [6.45, 7) is 0. The highest BCUT2D eigenvalue weighted by Crippen LogP contribution is 2.19. The number of H-pyrrole nitrogens is 1. The first-order chi connectivity index (χ1) is 7.81. The van der Waals surface area contributed by atoms with E-state index in [1.54, 1.807) is 0 Å². The van der Waals surface area contributed by atoms with Crippen LogP contribution in [0.4, 0.5) is 0 Å². The van der Waals surface area contributed by atoms with Crippen LogP contribution in [0.3, 0.4) is 0 Å². The zero-order valence-electron chi connectivity index (χ0n) is 9.15. The molecule has 2 rings (SSSR count). The zero-order valence-corrected chi connectivity index (χ0v) is 9.15. The average molecular weight is 216 g/mol. The van der Waals surface area contributed by atoms with Gasteiger partial charge in [0.1, 0.15) is 6.29 Å². The third kappa shape index (κ3) is 2.31. The summed E-state index contributed by atoms with van der Waals surface area (Å²) in [6, 6.07) is 8.24. The number of para-hydroxylation sites is 1. The molecule has 0 spiro atoms. The van der Waals surface area contributed by atoms with E-state index in [1.165, 1.54) is 10.9 Å². The van der Waals surface area contributed by atoms with E-state index >= 15 is 0 Å². The molecule has 0 radical (unpaired) electrons. The molecule has 3 heteroatoms. The lowest BCUT2D eigenvalue weighted by atomic mass is 10.0. The van der Waals surface area contributed by atoms with E-state index < -0.39 is 0 Å². The molecule has 0 saturated carbocycles. The van der Waals surface area contributed by atoms with Gasteiger partial charge in [0.05, 0.1) is 0 Å². The maximum absolute atomic E-state index is 10.3. The molecule has 3 nitrogen and oxygen atoms in total. The van der Waals surface area contributed by atoms with Crippen LogP contribution in [0.5, 0.6) is 0 Å². The molecule has 0 bridgehead atoms. The Hall–Kier alpha value is -1.61. The lowest BCUT2D eigenvalue weighted by Crippen LogP contribution is -2.22. The summed E-state index contributed by atoms with van der Waals surface area (Å²) >= 11 is 0. The molecular weight excluding hydrogens is 200 g/mol. The number of benzene rings is 1. The number of nitrogens with two attached hydrogens (primary N) is 1. The van der Waals surface area contributed by atoms with Crippen molar-refractivity contribution in [1.29, 1.82) is 0 Å². The number of nitrogens with one attached hydrogen (secondary N) is 1. The van der Waals surface area contributed by atoms with Crippen LogP contribution < -0.4 is 5.73 Å². The number of aldehydes is 1. The third-order valence-corrected chi connectivity index (χ3v) is 2.81. The number of carbonyl (C=O) groups is 1. The monoisotopic (exact) mass is 216 g/mol. The van der Waals surface area contributed by atoms with Crippen molar-refractivity contribution in [2.24, 2.45) is 5.73 Å². The second kappa shape index (κ2) is 4.94. The van der Waals surface area contributed by atoms with Crippen molar-refractivity contribution in [2.45, 2.75) is 25.3 Å². The van der Waals surface area contributed by atoms with E-state index in [2.05, 4.69) is 17.1 Å². The Labute approximate surface area is 94.6 Å². The van der Waals surface area contributed by atoms with Crippen molar-refractivity contribution in [3.8, 4) is 0 Å². The van der Waals surface area contributed by atoms with Crippen molar-refractivity contribution >= 4 is 17.2 Å². The smallest absolute Gasteiger partial charge is 0.120 e. The van der Waals surface area contributed by atoms with Gasteiger partial charge in [-0.3, -0.25) is 0 Å². The Kier molecular flexibility index (Phi) is 3.37. The van der Waals surface area contributed by atoms with E-state index in [4.69, 9.17) is 5.73 Å². The Balaban J connectivity index is 2.12. The average Bonchev–Trinajstić information content (AvgIpc) is 2.70. The Morgan fingerprint density at radius 1 is 1.38 bits per heavy atom. The molecule has 0 amide bonds. The highest BCUT2D eigenvalue weighted by molar-refractivity contribution is 5.83. The summed E-state index contributed by atoms with van der Waals surface area (Å²) in [6.07, 6.45) is 5.05. The number of carbonyl (C=O) groups excluding carboxylic acids is 1. The summed E-state index contributed by atoms with van der Waals surface area (Å²) in [4.78, 5) is 13.5. The SMILES string of the molecule is NC(CCC=O)Cc1c[nH]c2ccccc12. The predicted molar refractivity (Wildman–Crippen MR) is 65.3 cm³/mol. The van der Waals surface area contributed by atoms with E-state index in [9.17, 15) is 4.79 Å². The Morgan fingerprint density at radius 3 is 3.00 bits per heavy atom. The van der Waals surface area contributed by atoms with Crippen molar-refractivity contribution in [1.82, 2.24) is 4.98 Å². The maximum atomic E-state index is 10.3. The van der Waals surface area contributed by atoms with Gasteiger partial charge in [0.2, 0.25) is 0 Å². The van der Waals surface area contributed by atoms with Gasteiger partial charge in [-0.1, -0.05) is 18.2 Å². The van der Waals surface area contributed by atoms with Gasteiger partial charge in [-0.15, -0.1) is 0 Å². The van der Waals surface area contributed by atoms with Gasteiger partial charge < -0.3 is 15.5 Å². The Morgan fingerprint density at radius 2 is 2.19 bits per heavy atom. The van der Waals surface area contributed by atoms with Gasteiger partial charge in [0.25, 0.3) is 0 Å². The molecule has 0 saturated heterocycles. The first-order valence-corrected chi connectivity index (χ1v) is 5.55. The lowest BCUT2D eigenvalue weighted by molar-refractivity contribution is -0.108. The minimum atomic E-state index is 0.0596. The van der Waals surface area contributed by atoms with Crippen LogP contribution in [0.1, 0.15) is 18.4 Å². The molecule has 0 fully saturated rings. The largest absolute Gasteiger partial charge is 0.361 e. The molecule has 84 valence electrons. The van der Waals surface area contributed by atoms with Crippen molar-refractivity contribution < 1.29 is 4.79 Å². The van der Waals surface area contributed by atoms with Crippen LogP contribution >= 0.6 is 0 Å². The van der Waals surface area contributed by atoms with Crippen molar-refractivity contribution in [3.63, 3.8) is 0 Å². The van der Waals surface area contributed by atoms with Crippen LogP contribution in [0.25, 0.3) is 10.9 Å². The summed E-state index contributed by atoms with van der Waals surface area (Å²) in [5, 5.41) is 1.23. The van der Waals surface area contributed by atoms with Crippen molar-refractivity contribution in [3.05, 3.63) is 36.0 Å². The molecule has 1 aromatic heterocycles. The first-order valence-electron chi connectivity index (χ1n) is 5.55. The summed E-state index contributed by atoms with van der Waals surface area (Å²) in [7, 11) is 0. The van der Waals surface area contributed by atoms with E-state index in [1.807, 2.05) is 18.3 Å². The fraction of sp³-hybridized carbons (Fsp3) is 0.308. The van der Waals surface area contributed by atoms with Crippen LogP contribution in [-0.2, 0) is 11.2 Å². The second-order valence-corrected chi connectivity index (χ2v) is 4.07. The van der Waals surface area contributed by atoms with Crippen molar-refractivity contribution in [2.75, 3.05) is 0 Å². The zero-order chi connectivity index (χ0) is 11.4. The van der Waals surface area contributed by atoms with E-state index in [-0.39, 0.29) is 6.04 Å². The van der Waals surface area contributed by atoms with Gasteiger partial charge >= 0.3 is 0 Å². The number of fused-ring (bicyclic) bond motifs is 1. The van der Waals surface area contributed by atoms with Gasteiger partial charge in [0.15, 0.2) is 0 Å². The predicted octanol–water partition coefficient (Wildman–Crippen LogP) is 2.02. The summed E-state index contributed by atoms with van der Waals surface area (Å²) < 4.78 is 0. The van der Waals surface area contributed by atoms with E-state index in [0.717, 1.165) is 24.6 Å². The number of rotatable bonds is 5. The molecule has 16 heavy (non-hydrogen) atoms. The highest BCUT2D eigenvalue weighted by atomic mass is 16.1. The number of hydrogen-bond acceptors (Lipinski definition) is 2.